The second kappa shape index (κ2) is 10.0. The molecule has 0 aromatic heterocycles. The van der Waals surface area contributed by atoms with Crippen molar-refractivity contribution in [2.75, 3.05) is 27.9 Å². The molecule has 1 aliphatic rings. The molecule has 1 aliphatic carbocycles. The Bertz CT molecular complexity index is 899. The number of nitrogens with one attached hydrogen (secondary N) is 1. The molecule has 0 unspecified atom stereocenters. The number of methoxy groups -OCH3 is 3. The fourth-order valence-corrected chi connectivity index (χ4v) is 3.59. The third kappa shape index (κ3) is 5.23. The molecule has 3 rings (SSSR count). The summed E-state index contributed by atoms with van der Waals surface area (Å²) in [7, 11) is 4.58. The van der Waals surface area contributed by atoms with Gasteiger partial charge in [-0.3, -0.25) is 9.59 Å². The maximum atomic E-state index is 12.1. The molecule has 30 heavy (non-hydrogen) atoms. The molecule has 0 saturated heterocycles. The van der Waals surface area contributed by atoms with Gasteiger partial charge in [0.2, 0.25) is 5.75 Å². The number of ether oxygens (including phenoxy) is 4. The summed E-state index contributed by atoms with van der Waals surface area (Å²) in [6.07, 6.45) is 3.48. The van der Waals surface area contributed by atoms with Crippen molar-refractivity contribution in [2.24, 2.45) is 0 Å². The highest BCUT2D eigenvalue weighted by Gasteiger charge is 2.15. The zero-order valence-corrected chi connectivity index (χ0v) is 17.6. The fourth-order valence-electron chi connectivity index (χ4n) is 3.59. The number of carbonyl (C=O) groups is 2. The lowest BCUT2D eigenvalue weighted by molar-refractivity contribution is -0.147. The number of aryl methyl sites for hydroxylation is 2. The molecule has 0 heterocycles. The summed E-state index contributed by atoms with van der Waals surface area (Å²) >= 11 is 0. The van der Waals surface area contributed by atoms with E-state index in [-0.39, 0.29) is 25.5 Å². The predicted molar refractivity (Wildman–Crippen MR) is 111 cm³/mol. The first-order valence-corrected chi connectivity index (χ1v) is 9.86. The van der Waals surface area contributed by atoms with Gasteiger partial charge in [-0.05, 0) is 53.6 Å². The Kier molecular flexibility index (Phi) is 7.17. The Morgan fingerprint density at radius 1 is 0.900 bits per heavy atom. The zero-order chi connectivity index (χ0) is 21.5. The Labute approximate surface area is 176 Å². The highest BCUT2D eigenvalue weighted by atomic mass is 16.5. The molecule has 0 spiro atoms. The van der Waals surface area contributed by atoms with Gasteiger partial charge in [0.1, 0.15) is 0 Å². The Balaban J connectivity index is 1.48. The van der Waals surface area contributed by atoms with E-state index in [0.717, 1.165) is 30.4 Å². The van der Waals surface area contributed by atoms with Gasteiger partial charge in [-0.15, -0.1) is 0 Å². The molecule has 0 saturated carbocycles. The maximum absolute atomic E-state index is 12.1. The van der Waals surface area contributed by atoms with E-state index in [2.05, 4.69) is 17.4 Å². The van der Waals surface area contributed by atoms with Crippen molar-refractivity contribution in [1.82, 2.24) is 5.32 Å². The molecule has 2 aromatic carbocycles. The van der Waals surface area contributed by atoms with Gasteiger partial charge in [0.15, 0.2) is 18.1 Å². The standard InChI is InChI=1S/C23H27NO6/c1-27-19-10-16(11-20(28-2)23(19)29-3)13-24-21(25)14-30-22(26)12-15-7-8-17-5-4-6-18(17)9-15/h7-11H,4-6,12-14H2,1-3H3,(H,24,25). The molecule has 160 valence electrons. The summed E-state index contributed by atoms with van der Waals surface area (Å²) in [6, 6.07) is 9.60. The van der Waals surface area contributed by atoms with E-state index in [1.54, 1.807) is 12.1 Å². The average molecular weight is 413 g/mol. The summed E-state index contributed by atoms with van der Waals surface area (Å²) in [5.41, 5.74) is 4.35. The smallest absolute Gasteiger partial charge is 0.310 e. The molecule has 0 bridgehead atoms. The van der Waals surface area contributed by atoms with Gasteiger partial charge in [-0.2, -0.15) is 0 Å². The van der Waals surface area contributed by atoms with Gasteiger partial charge in [-0.25, -0.2) is 0 Å². The highest BCUT2D eigenvalue weighted by Crippen LogP contribution is 2.38. The van der Waals surface area contributed by atoms with Crippen LogP contribution in [-0.4, -0.2) is 39.8 Å². The monoisotopic (exact) mass is 413 g/mol. The van der Waals surface area contributed by atoms with Crippen molar-refractivity contribution in [3.05, 3.63) is 52.6 Å². The number of esters is 1. The van der Waals surface area contributed by atoms with Crippen molar-refractivity contribution in [3.63, 3.8) is 0 Å². The van der Waals surface area contributed by atoms with Gasteiger partial charge in [0.25, 0.3) is 5.91 Å². The molecule has 0 fully saturated rings. The SMILES string of the molecule is COc1cc(CNC(=O)COC(=O)Cc2ccc3c(c2)CCC3)cc(OC)c1OC. The molecule has 0 aliphatic heterocycles. The minimum atomic E-state index is -0.420. The van der Waals surface area contributed by atoms with Crippen molar-refractivity contribution in [2.45, 2.75) is 32.2 Å². The van der Waals surface area contributed by atoms with Gasteiger partial charge >= 0.3 is 5.97 Å². The van der Waals surface area contributed by atoms with Gasteiger partial charge < -0.3 is 24.3 Å². The van der Waals surface area contributed by atoms with E-state index >= 15 is 0 Å². The first-order chi connectivity index (χ1) is 14.5. The summed E-state index contributed by atoms with van der Waals surface area (Å²) in [6.45, 7) is -0.0912. The molecule has 0 radical (unpaired) electrons. The average Bonchev–Trinajstić information content (AvgIpc) is 3.23. The van der Waals surface area contributed by atoms with Crippen LogP contribution in [0.25, 0.3) is 0 Å². The summed E-state index contributed by atoms with van der Waals surface area (Å²) in [5, 5.41) is 2.72. The lowest BCUT2D eigenvalue weighted by Gasteiger charge is -2.14. The van der Waals surface area contributed by atoms with E-state index in [0.29, 0.717) is 17.2 Å². The number of hydrogen-bond donors (Lipinski definition) is 1. The highest BCUT2D eigenvalue weighted by molar-refractivity contribution is 5.81. The van der Waals surface area contributed by atoms with Crippen LogP contribution in [0.5, 0.6) is 17.2 Å². The third-order valence-corrected chi connectivity index (χ3v) is 5.09. The van der Waals surface area contributed by atoms with Gasteiger partial charge in [0, 0.05) is 6.54 Å². The largest absolute Gasteiger partial charge is 0.493 e. The van der Waals surface area contributed by atoms with E-state index in [1.807, 2.05) is 6.07 Å². The minimum absolute atomic E-state index is 0.160. The summed E-state index contributed by atoms with van der Waals surface area (Å²) in [4.78, 5) is 24.2. The van der Waals surface area contributed by atoms with Crippen LogP contribution in [0, 0.1) is 0 Å². The Morgan fingerprint density at radius 2 is 1.60 bits per heavy atom. The van der Waals surface area contributed by atoms with E-state index in [9.17, 15) is 9.59 Å². The fraction of sp³-hybridized carbons (Fsp3) is 0.391. The third-order valence-electron chi connectivity index (χ3n) is 5.09. The van der Waals surface area contributed by atoms with Crippen LogP contribution < -0.4 is 19.5 Å². The minimum Gasteiger partial charge on any atom is -0.493 e. The van der Waals surface area contributed by atoms with Crippen LogP contribution in [0.1, 0.15) is 28.7 Å². The number of rotatable bonds is 9. The number of amides is 1. The van der Waals surface area contributed by atoms with Crippen molar-refractivity contribution in [1.29, 1.82) is 0 Å². The number of carbonyl (C=O) groups excluding carboxylic acids is 2. The predicted octanol–water partition coefficient (Wildman–Crippen LogP) is 2.60. The first-order valence-electron chi connectivity index (χ1n) is 9.86. The lowest BCUT2D eigenvalue weighted by atomic mass is 10.0. The molecular formula is C23H27NO6. The normalized spacial score (nSPS) is 12.1. The molecule has 1 N–H and O–H groups in total. The number of hydrogen-bond acceptors (Lipinski definition) is 6. The van der Waals surface area contributed by atoms with Crippen molar-refractivity contribution in [3.8, 4) is 17.2 Å². The maximum Gasteiger partial charge on any atom is 0.310 e. The first kappa shape index (κ1) is 21.5. The zero-order valence-electron chi connectivity index (χ0n) is 17.6. The molecule has 7 nitrogen and oxygen atoms in total. The topological polar surface area (TPSA) is 83.1 Å². The van der Waals surface area contributed by atoms with Gasteiger partial charge in [0.05, 0.1) is 27.8 Å². The molecule has 2 aromatic rings. The van der Waals surface area contributed by atoms with Crippen molar-refractivity contribution >= 4 is 11.9 Å². The molecule has 7 heteroatoms. The number of benzene rings is 2. The summed E-state index contributed by atoms with van der Waals surface area (Å²) in [5.74, 6) is 0.682. The molecule has 0 atom stereocenters. The Morgan fingerprint density at radius 3 is 2.27 bits per heavy atom. The van der Waals surface area contributed by atoms with Crippen LogP contribution >= 0.6 is 0 Å². The van der Waals surface area contributed by atoms with Crippen LogP contribution in [-0.2, 0) is 40.1 Å². The Hall–Kier alpha value is -3.22. The van der Waals surface area contributed by atoms with Gasteiger partial charge in [-0.1, -0.05) is 18.2 Å². The molecular weight excluding hydrogens is 386 g/mol. The second-order valence-electron chi connectivity index (χ2n) is 7.10. The number of fused-ring (bicyclic) bond motifs is 1. The van der Waals surface area contributed by atoms with Crippen LogP contribution in [0.3, 0.4) is 0 Å². The van der Waals surface area contributed by atoms with Crippen LogP contribution in [0.15, 0.2) is 30.3 Å². The van der Waals surface area contributed by atoms with E-state index < -0.39 is 5.97 Å². The van der Waals surface area contributed by atoms with E-state index in [4.69, 9.17) is 18.9 Å². The summed E-state index contributed by atoms with van der Waals surface area (Å²) < 4.78 is 21.0. The van der Waals surface area contributed by atoms with Crippen molar-refractivity contribution < 1.29 is 28.5 Å². The lowest BCUT2D eigenvalue weighted by Crippen LogP contribution is -2.28. The van der Waals surface area contributed by atoms with Crippen LogP contribution in [0.4, 0.5) is 0 Å². The van der Waals surface area contributed by atoms with E-state index in [1.165, 1.54) is 32.5 Å². The quantitative estimate of drug-likeness (QED) is 0.637. The second-order valence-corrected chi connectivity index (χ2v) is 7.10. The van der Waals surface area contributed by atoms with Crippen LogP contribution in [0.2, 0.25) is 0 Å². The molecule has 1 amide bonds.